The number of rotatable bonds is 6. The van der Waals surface area contributed by atoms with E-state index in [1.54, 1.807) is 0 Å². The summed E-state index contributed by atoms with van der Waals surface area (Å²) in [6, 6.07) is 0. The molecule has 5 heteroatoms. The predicted octanol–water partition coefficient (Wildman–Crippen LogP) is 2.13. The SMILES string of the molecule is C=CCOC(=O)N(CC(C)C)C(C)(C)C(=O)O. The largest absolute Gasteiger partial charge is 0.480 e. The van der Waals surface area contributed by atoms with Crippen LogP contribution in [-0.4, -0.2) is 40.8 Å². The van der Waals surface area contributed by atoms with E-state index in [2.05, 4.69) is 6.58 Å². The lowest BCUT2D eigenvalue weighted by Crippen LogP contribution is -2.54. The Hall–Kier alpha value is -1.52. The van der Waals surface area contributed by atoms with E-state index in [0.717, 1.165) is 0 Å². The highest BCUT2D eigenvalue weighted by molar-refractivity contribution is 5.83. The van der Waals surface area contributed by atoms with Crippen molar-refractivity contribution in [2.24, 2.45) is 5.92 Å². The van der Waals surface area contributed by atoms with Crippen LogP contribution in [0.1, 0.15) is 27.7 Å². The number of nitrogens with zero attached hydrogens (tertiary/aromatic N) is 1. The van der Waals surface area contributed by atoms with Crippen molar-refractivity contribution in [3.63, 3.8) is 0 Å². The third-order valence-electron chi connectivity index (χ3n) is 2.29. The standard InChI is InChI=1S/C12H21NO4/c1-6-7-17-11(16)13(8-9(2)3)12(4,5)10(14)15/h6,9H,1,7-8H2,2-5H3,(H,14,15). The Bertz CT molecular complexity index is 297. The molecule has 0 spiro atoms. The van der Waals surface area contributed by atoms with Crippen LogP contribution in [-0.2, 0) is 9.53 Å². The van der Waals surface area contributed by atoms with Gasteiger partial charge in [-0.25, -0.2) is 9.59 Å². The molecule has 0 saturated carbocycles. The first-order chi connectivity index (χ1) is 7.73. The molecule has 0 radical (unpaired) electrons. The fourth-order valence-corrected chi connectivity index (χ4v) is 1.22. The number of amides is 1. The van der Waals surface area contributed by atoms with Gasteiger partial charge in [0.15, 0.2) is 0 Å². The molecule has 0 aliphatic carbocycles. The minimum absolute atomic E-state index is 0.0725. The molecule has 0 fully saturated rings. The van der Waals surface area contributed by atoms with E-state index in [4.69, 9.17) is 9.84 Å². The molecule has 1 N–H and O–H groups in total. The summed E-state index contributed by atoms with van der Waals surface area (Å²) >= 11 is 0. The van der Waals surface area contributed by atoms with Crippen molar-refractivity contribution in [3.8, 4) is 0 Å². The molecule has 5 nitrogen and oxygen atoms in total. The second kappa shape index (κ2) is 6.27. The highest BCUT2D eigenvalue weighted by atomic mass is 16.6. The number of carboxylic acids is 1. The first kappa shape index (κ1) is 15.5. The molecule has 98 valence electrons. The minimum Gasteiger partial charge on any atom is -0.480 e. The summed E-state index contributed by atoms with van der Waals surface area (Å²) in [5.74, 6) is -0.904. The highest BCUT2D eigenvalue weighted by Crippen LogP contribution is 2.18. The molecule has 0 aromatic carbocycles. The molecular weight excluding hydrogens is 222 g/mol. The predicted molar refractivity (Wildman–Crippen MR) is 64.8 cm³/mol. The van der Waals surface area contributed by atoms with Crippen LogP contribution in [0.4, 0.5) is 4.79 Å². The van der Waals surface area contributed by atoms with Gasteiger partial charge < -0.3 is 9.84 Å². The van der Waals surface area contributed by atoms with Crippen molar-refractivity contribution < 1.29 is 19.4 Å². The molecule has 0 atom stereocenters. The number of ether oxygens (including phenoxy) is 1. The maximum Gasteiger partial charge on any atom is 0.411 e. The van der Waals surface area contributed by atoms with Gasteiger partial charge >= 0.3 is 12.1 Å². The van der Waals surface area contributed by atoms with Crippen LogP contribution in [0.5, 0.6) is 0 Å². The summed E-state index contributed by atoms with van der Waals surface area (Å²) in [6.45, 7) is 10.6. The van der Waals surface area contributed by atoms with Gasteiger partial charge in [0.05, 0.1) is 0 Å². The minimum atomic E-state index is -1.29. The van der Waals surface area contributed by atoms with Gasteiger partial charge in [-0.15, -0.1) is 0 Å². The fourth-order valence-electron chi connectivity index (χ4n) is 1.22. The summed E-state index contributed by atoms with van der Waals surface area (Å²) in [6.07, 6.45) is 0.810. The van der Waals surface area contributed by atoms with Gasteiger partial charge in [0, 0.05) is 6.54 Å². The van der Waals surface area contributed by atoms with Gasteiger partial charge in [0.25, 0.3) is 0 Å². The number of carboxylic acid groups (broad SMARTS) is 1. The lowest BCUT2D eigenvalue weighted by atomic mass is 10.0. The summed E-state index contributed by atoms with van der Waals surface area (Å²) in [4.78, 5) is 24.2. The van der Waals surface area contributed by atoms with Gasteiger partial charge in [-0.2, -0.15) is 0 Å². The zero-order chi connectivity index (χ0) is 13.6. The number of hydrogen-bond donors (Lipinski definition) is 1. The zero-order valence-electron chi connectivity index (χ0n) is 10.9. The summed E-state index contributed by atoms with van der Waals surface area (Å²) < 4.78 is 4.90. The van der Waals surface area contributed by atoms with E-state index in [9.17, 15) is 9.59 Å². The number of carbonyl (C=O) groups is 2. The summed E-state index contributed by atoms with van der Waals surface area (Å²) in [5, 5.41) is 9.13. The van der Waals surface area contributed by atoms with Crippen LogP contribution >= 0.6 is 0 Å². The quantitative estimate of drug-likeness (QED) is 0.726. The summed E-state index contributed by atoms with van der Waals surface area (Å²) in [7, 11) is 0. The van der Waals surface area contributed by atoms with Crippen molar-refractivity contribution in [1.82, 2.24) is 4.90 Å². The van der Waals surface area contributed by atoms with Gasteiger partial charge in [0.2, 0.25) is 0 Å². The Labute approximate surface area is 102 Å². The van der Waals surface area contributed by atoms with Crippen LogP contribution in [0.2, 0.25) is 0 Å². The topological polar surface area (TPSA) is 66.8 Å². The average Bonchev–Trinajstić information content (AvgIpc) is 2.21. The van der Waals surface area contributed by atoms with Crippen LogP contribution in [0.15, 0.2) is 12.7 Å². The van der Waals surface area contributed by atoms with Gasteiger partial charge in [-0.1, -0.05) is 26.5 Å². The number of aliphatic carboxylic acids is 1. The van der Waals surface area contributed by atoms with Crippen LogP contribution < -0.4 is 0 Å². The van der Waals surface area contributed by atoms with Gasteiger partial charge in [0.1, 0.15) is 12.1 Å². The van der Waals surface area contributed by atoms with Crippen LogP contribution in [0.3, 0.4) is 0 Å². The van der Waals surface area contributed by atoms with Crippen molar-refractivity contribution >= 4 is 12.1 Å². The van der Waals surface area contributed by atoms with Gasteiger partial charge in [-0.3, -0.25) is 4.90 Å². The third-order valence-corrected chi connectivity index (χ3v) is 2.29. The van der Waals surface area contributed by atoms with E-state index >= 15 is 0 Å². The first-order valence-electron chi connectivity index (χ1n) is 5.52. The van der Waals surface area contributed by atoms with Crippen molar-refractivity contribution in [3.05, 3.63) is 12.7 Å². The smallest absolute Gasteiger partial charge is 0.411 e. The maximum absolute atomic E-state index is 11.8. The molecule has 0 rings (SSSR count). The molecule has 0 aromatic rings. The Morgan fingerprint density at radius 3 is 2.35 bits per heavy atom. The average molecular weight is 243 g/mol. The molecule has 0 aliphatic rings. The molecule has 0 unspecified atom stereocenters. The molecule has 0 bridgehead atoms. The second-order valence-electron chi connectivity index (χ2n) is 4.73. The van der Waals surface area contributed by atoms with Crippen LogP contribution in [0, 0.1) is 5.92 Å². The van der Waals surface area contributed by atoms with E-state index in [1.807, 2.05) is 13.8 Å². The Kier molecular flexibility index (Phi) is 5.71. The van der Waals surface area contributed by atoms with E-state index < -0.39 is 17.6 Å². The molecule has 0 aromatic heterocycles. The van der Waals surface area contributed by atoms with Crippen molar-refractivity contribution in [1.29, 1.82) is 0 Å². The number of hydrogen-bond acceptors (Lipinski definition) is 3. The molecule has 0 aliphatic heterocycles. The monoisotopic (exact) mass is 243 g/mol. The molecule has 1 amide bonds. The Balaban J connectivity index is 4.92. The second-order valence-corrected chi connectivity index (χ2v) is 4.73. The van der Waals surface area contributed by atoms with Crippen molar-refractivity contribution in [2.45, 2.75) is 33.2 Å². The van der Waals surface area contributed by atoms with Crippen molar-refractivity contribution in [2.75, 3.05) is 13.2 Å². The lowest BCUT2D eigenvalue weighted by Gasteiger charge is -2.35. The van der Waals surface area contributed by atoms with E-state index in [-0.39, 0.29) is 12.5 Å². The lowest BCUT2D eigenvalue weighted by molar-refractivity contribution is -0.148. The summed E-state index contributed by atoms with van der Waals surface area (Å²) in [5.41, 5.74) is -1.29. The number of carbonyl (C=O) groups excluding carboxylic acids is 1. The third kappa shape index (κ3) is 4.46. The Morgan fingerprint density at radius 1 is 1.47 bits per heavy atom. The van der Waals surface area contributed by atoms with Crippen LogP contribution in [0.25, 0.3) is 0 Å². The van der Waals surface area contributed by atoms with E-state index in [1.165, 1.54) is 24.8 Å². The fraction of sp³-hybridized carbons (Fsp3) is 0.667. The normalized spacial score (nSPS) is 11.1. The molecule has 0 saturated heterocycles. The molecule has 17 heavy (non-hydrogen) atoms. The molecular formula is C12H21NO4. The van der Waals surface area contributed by atoms with E-state index in [0.29, 0.717) is 6.54 Å². The van der Waals surface area contributed by atoms with Gasteiger partial charge in [-0.05, 0) is 19.8 Å². The zero-order valence-corrected chi connectivity index (χ0v) is 10.9. The first-order valence-corrected chi connectivity index (χ1v) is 5.52. The molecule has 0 heterocycles. The maximum atomic E-state index is 11.8. The highest BCUT2D eigenvalue weighted by Gasteiger charge is 2.38. The Morgan fingerprint density at radius 2 is 2.00 bits per heavy atom.